The molecule has 7 nitrogen and oxygen atoms in total. The topological polar surface area (TPSA) is 92.1 Å². The first kappa shape index (κ1) is 16.0. The maximum atomic E-state index is 11.8. The molecule has 3 N–H and O–H groups in total. The zero-order chi connectivity index (χ0) is 15.8. The van der Waals surface area contributed by atoms with Gasteiger partial charge in [0.15, 0.2) is 5.82 Å². The van der Waals surface area contributed by atoms with Crippen molar-refractivity contribution in [1.29, 1.82) is 0 Å². The van der Waals surface area contributed by atoms with Crippen molar-refractivity contribution >= 4 is 6.03 Å². The Morgan fingerprint density at radius 1 is 1.36 bits per heavy atom. The number of urea groups is 1. The number of para-hydroxylation sites is 1. The second-order valence-corrected chi connectivity index (χ2v) is 5.05. The van der Waals surface area contributed by atoms with E-state index in [0.717, 1.165) is 12.1 Å². The van der Waals surface area contributed by atoms with Crippen LogP contribution in [0.15, 0.2) is 36.7 Å². The van der Waals surface area contributed by atoms with E-state index in [1.807, 2.05) is 41.8 Å². The van der Waals surface area contributed by atoms with Crippen LogP contribution in [0.3, 0.4) is 0 Å². The highest BCUT2D eigenvalue weighted by Gasteiger charge is 2.10. The van der Waals surface area contributed by atoms with E-state index < -0.39 is 0 Å². The van der Waals surface area contributed by atoms with Crippen LogP contribution >= 0.6 is 0 Å². The van der Waals surface area contributed by atoms with Gasteiger partial charge in [0.1, 0.15) is 6.33 Å². The summed E-state index contributed by atoms with van der Waals surface area (Å²) in [5, 5.41) is 22.3. The smallest absolute Gasteiger partial charge is 0.315 e. The Kier molecular flexibility index (Phi) is 5.91. The first-order chi connectivity index (χ1) is 10.7. The third-order valence-corrected chi connectivity index (χ3v) is 3.23. The zero-order valence-electron chi connectivity index (χ0n) is 12.6. The average Bonchev–Trinajstić information content (AvgIpc) is 3.00. The van der Waals surface area contributed by atoms with E-state index in [1.54, 1.807) is 6.33 Å². The van der Waals surface area contributed by atoms with Gasteiger partial charge in [-0.2, -0.15) is 0 Å². The Labute approximate surface area is 129 Å². The molecule has 0 aliphatic rings. The minimum atomic E-state index is -0.256. The van der Waals surface area contributed by atoms with Crippen molar-refractivity contribution in [1.82, 2.24) is 25.4 Å². The lowest BCUT2D eigenvalue weighted by molar-refractivity contribution is 0.233. The van der Waals surface area contributed by atoms with Crippen molar-refractivity contribution in [3.8, 4) is 5.69 Å². The molecule has 1 unspecified atom stereocenters. The number of hydrogen-bond donors (Lipinski definition) is 3. The fourth-order valence-electron chi connectivity index (χ4n) is 2.09. The number of hydrogen-bond acceptors (Lipinski definition) is 4. The van der Waals surface area contributed by atoms with Crippen LogP contribution in [-0.2, 0) is 6.54 Å². The fraction of sp³-hybridized carbons (Fsp3) is 0.400. The minimum Gasteiger partial charge on any atom is -0.396 e. The molecule has 0 aliphatic heterocycles. The molecule has 0 saturated carbocycles. The summed E-state index contributed by atoms with van der Waals surface area (Å²) in [4.78, 5) is 11.8. The molecular weight excluding hydrogens is 282 g/mol. The third kappa shape index (κ3) is 4.56. The molecule has 2 amide bonds. The Balaban J connectivity index is 1.88. The van der Waals surface area contributed by atoms with Crippen LogP contribution in [0.2, 0.25) is 0 Å². The number of nitrogens with one attached hydrogen (secondary N) is 2. The lowest BCUT2D eigenvalue weighted by Crippen LogP contribution is -2.40. The molecule has 1 heterocycles. The van der Waals surface area contributed by atoms with Gasteiger partial charge in [0.25, 0.3) is 0 Å². The van der Waals surface area contributed by atoms with Crippen LogP contribution in [-0.4, -0.2) is 38.6 Å². The fourth-order valence-corrected chi connectivity index (χ4v) is 2.09. The highest BCUT2D eigenvalue weighted by atomic mass is 16.3. The highest BCUT2D eigenvalue weighted by molar-refractivity contribution is 5.74. The van der Waals surface area contributed by atoms with Crippen LogP contribution in [0.4, 0.5) is 4.79 Å². The first-order valence-corrected chi connectivity index (χ1v) is 7.30. The predicted octanol–water partition coefficient (Wildman–Crippen LogP) is 1.23. The molecule has 0 spiro atoms. The second kappa shape index (κ2) is 8.14. The van der Waals surface area contributed by atoms with E-state index in [4.69, 9.17) is 5.11 Å². The summed E-state index contributed by atoms with van der Waals surface area (Å²) in [6.45, 7) is 2.32. The molecule has 22 heavy (non-hydrogen) atoms. The van der Waals surface area contributed by atoms with Gasteiger partial charge in [0.2, 0.25) is 0 Å². The van der Waals surface area contributed by atoms with Gasteiger partial charge in [-0.1, -0.05) is 18.2 Å². The average molecular weight is 303 g/mol. The van der Waals surface area contributed by atoms with Gasteiger partial charge < -0.3 is 15.7 Å². The van der Waals surface area contributed by atoms with E-state index in [9.17, 15) is 4.79 Å². The number of amides is 2. The molecule has 0 fully saturated rings. The van der Waals surface area contributed by atoms with Gasteiger partial charge in [-0.3, -0.25) is 4.57 Å². The third-order valence-electron chi connectivity index (χ3n) is 3.23. The molecule has 2 aromatic rings. The number of carbonyl (C=O) groups is 1. The first-order valence-electron chi connectivity index (χ1n) is 7.30. The maximum absolute atomic E-state index is 11.8. The Hall–Kier alpha value is -2.41. The van der Waals surface area contributed by atoms with Crippen LogP contribution in [0.25, 0.3) is 5.69 Å². The molecule has 1 atom stereocenters. The van der Waals surface area contributed by atoms with E-state index in [1.165, 1.54) is 0 Å². The Morgan fingerprint density at radius 2 is 2.14 bits per heavy atom. The van der Waals surface area contributed by atoms with Gasteiger partial charge in [-0.25, -0.2) is 4.79 Å². The number of aliphatic hydroxyl groups excluding tert-OH is 1. The molecule has 0 aliphatic carbocycles. The van der Waals surface area contributed by atoms with Crippen LogP contribution in [0.5, 0.6) is 0 Å². The summed E-state index contributed by atoms with van der Waals surface area (Å²) in [6.07, 6.45) is 3.03. The summed E-state index contributed by atoms with van der Waals surface area (Å²) >= 11 is 0. The number of nitrogens with zero attached hydrogens (tertiary/aromatic N) is 3. The summed E-state index contributed by atoms with van der Waals surface area (Å²) in [5.41, 5.74) is 0.945. The van der Waals surface area contributed by atoms with Crippen molar-refractivity contribution in [2.45, 2.75) is 32.4 Å². The minimum absolute atomic E-state index is 0.0131. The van der Waals surface area contributed by atoms with Crippen molar-refractivity contribution in [3.05, 3.63) is 42.5 Å². The zero-order valence-corrected chi connectivity index (χ0v) is 12.6. The largest absolute Gasteiger partial charge is 0.396 e. The number of carbonyl (C=O) groups excluding carboxylic acids is 1. The summed E-state index contributed by atoms with van der Waals surface area (Å²) in [7, 11) is 0. The Morgan fingerprint density at radius 3 is 2.86 bits per heavy atom. The van der Waals surface area contributed by atoms with E-state index in [0.29, 0.717) is 12.2 Å². The number of aromatic nitrogens is 3. The number of benzene rings is 1. The molecule has 0 bridgehead atoms. The lowest BCUT2D eigenvalue weighted by atomic mass is 10.2. The van der Waals surface area contributed by atoms with Gasteiger partial charge >= 0.3 is 6.03 Å². The van der Waals surface area contributed by atoms with Gasteiger partial charge in [0, 0.05) is 18.3 Å². The highest BCUT2D eigenvalue weighted by Crippen LogP contribution is 2.08. The number of rotatable bonds is 7. The SMILES string of the molecule is CC(CCCO)NC(=O)NCc1nncn1-c1ccccc1. The van der Waals surface area contributed by atoms with E-state index >= 15 is 0 Å². The molecular formula is C15H21N5O2. The van der Waals surface area contributed by atoms with Gasteiger partial charge in [-0.05, 0) is 31.9 Å². The quantitative estimate of drug-likeness (QED) is 0.717. The monoisotopic (exact) mass is 303 g/mol. The van der Waals surface area contributed by atoms with E-state index in [-0.39, 0.29) is 25.2 Å². The van der Waals surface area contributed by atoms with Crippen LogP contribution in [0.1, 0.15) is 25.6 Å². The van der Waals surface area contributed by atoms with Crippen molar-refractivity contribution < 1.29 is 9.90 Å². The summed E-state index contributed by atoms with van der Waals surface area (Å²) in [5.74, 6) is 0.657. The predicted molar refractivity (Wildman–Crippen MR) is 82.5 cm³/mol. The van der Waals surface area contributed by atoms with Crippen LogP contribution in [0, 0.1) is 0 Å². The molecule has 0 radical (unpaired) electrons. The molecule has 2 rings (SSSR count). The normalized spacial score (nSPS) is 11.9. The lowest BCUT2D eigenvalue weighted by Gasteiger charge is -2.14. The molecule has 118 valence electrons. The summed E-state index contributed by atoms with van der Waals surface area (Å²) in [6, 6.07) is 9.46. The van der Waals surface area contributed by atoms with E-state index in [2.05, 4.69) is 20.8 Å². The van der Waals surface area contributed by atoms with Gasteiger partial charge in [-0.15, -0.1) is 10.2 Å². The molecule has 1 aromatic carbocycles. The number of aliphatic hydroxyl groups is 1. The van der Waals surface area contributed by atoms with Crippen LogP contribution < -0.4 is 10.6 Å². The molecule has 0 saturated heterocycles. The standard InChI is InChI=1S/C15H21N5O2/c1-12(6-5-9-21)18-15(22)16-10-14-19-17-11-20(14)13-7-3-2-4-8-13/h2-4,7-8,11-12,21H,5-6,9-10H2,1H3,(H2,16,18,22). The second-order valence-electron chi connectivity index (χ2n) is 5.05. The Bertz CT molecular complexity index is 585. The summed E-state index contributed by atoms with van der Waals surface area (Å²) < 4.78 is 1.83. The molecule has 7 heteroatoms. The van der Waals surface area contributed by atoms with Crippen molar-refractivity contribution in [2.75, 3.05) is 6.61 Å². The molecule has 1 aromatic heterocycles. The van der Waals surface area contributed by atoms with Crippen molar-refractivity contribution in [3.63, 3.8) is 0 Å². The maximum Gasteiger partial charge on any atom is 0.315 e. The van der Waals surface area contributed by atoms with Crippen molar-refractivity contribution in [2.24, 2.45) is 0 Å². The van der Waals surface area contributed by atoms with Gasteiger partial charge in [0.05, 0.1) is 6.54 Å².